The first-order valence-corrected chi connectivity index (χ1v) is 9.72. The molecule has 0 spiro atoms. The Labute approximate surface area is 178 Å². The van der Waals surface area contributed by atoms with E-state index < -0.39 is 23.6 Å². The van der Waals surface area contributed by atoms with Gasteiger partial charge in [-0.25, -0.2) is 9.59 Å². The smallest absolute Gasteiger partial charge is 0.348 e. The van der Waals surface area contributed by atoms with Crippen molar-refractivity contribution in [2.24, 2.45) is 0 Å². The molecule has 0 aliphatic carbocycles. The lowest BCUT2D eigenvalue weighted by Gasteiger charge is -2.21. The zero-order valence-electron chi connectivity index (χ0n) is 17.6. The van der Waals surface area contributed by atoms with Crippen LogP contribution in [0.1, 0.15) is 24.0 Å². The SMILES string of the molecule is CCOC(=O)C1Oc2c(c(=O)oc3ccccc23)C1c1cc(OC)c(OC)cc1OC. The van der Waals surface area contributed by atoms with E-state index in [2.05, 4.69) is 0 Å². The van der Waals surface area contributed by atoms with Gasteiger partial charge in [0.15, 0.2) is 11.5 Å². The normalized spacial score (nSPS) is 17.0. The summed E-state index contributed by atoms with van der Waals surface area (Å²) in [5.41, 5.74) is 0.512. The molecule has 162 valence electrons. The van der Waals surface area contributed by atoms with Crippen LogP contribution in [0.15, 0.2) is 45.6 Å². The van der Waals surface area contributed by atoms with Crippen LogP contribution in [0.25, 0.3) is 11.0 Å². The molecule has 1 aliphatic heterocycles. The van der Waals surface area contributed by atoms with Crippen LogP contribution in [0.5, 0.6) is 23.0 Å². The van der Waals surface area contributed by atoms with Crippen LogP contribution in [0.2, 0.25) is 0 Å². The van der Waals surface area contributed by atoms with Crippen molar-refractivity contribution in [3.05, 3.63) is 57.9 Å². The second-order valence-corrected chi connectivity index (χ2v) is 6.85. The number of carbonyl (C=O) groups is 1. The van der Waals surface area contributed by atoms with Crippen molar-refractivity contribution in [1.82, 2.24) is 0 Å². The fourth-order valence-corrected chi connectivity index (χ4v) is 3.90. The molecule has 2 atom stereocenters. The third-order valence-corrected chi connectivity index (χ3v) is 5.25. The Balaban J connectivity index is 2.01. The molecule has 2 unspecified atom stereocenters. The number of rotatable bonds is 6. The molecule has 8 heteroatoms. The van der Waals surface area contributed by atoms with Crippen LogP contribution in [-0.2, 0) is 9.53 Å². The Kier molecular flexibility index (Phi) is 5.46. The second kappa shape index (κ2) is 8.22. The van der Waals surface area contributed by atoms with E-state index in [1.807, 2.05) is 0 Å². The van der Waals surface area contributed by atoms with Crippen molar-refractivity contribution in [2.45, 2.75) is 18.9 Å². The van der Waals surface area contributed by atoms with Gasteiger partial charge < -0.3 is 28.1 Å². The molecule has 1 aliphatic rings. The average Bonchev–Trinajstić information content (AvgIpc) is 3.20. The maximum Gasteiger partial charge on any atom is 0.348 e. The molecule has 0 bridgehead atoms. The fraction of sp³-hybridized carbons (Fsp3) is 0.304. The van der Waals surface area contributed by atoms with Crippen molar-refractivity contribution in [2.75, 3.05) is 27.9 Å². The molecule has 31 heavy (non-hydrogen) atoms. The quantitative estimate of drug-likeness (QED) is 0.438. The molecule has 2 aromatic carbocycles. The summed E-state index contributed by atoms with van der Waals surface area (Å²) in [7, 11) is 4.49. The molecule has 1 aromatic heterocycles. The number of ether oxygens (including phenoxy) is 5. The van der Waals surface area contributed by atoms with E-state index in [-0.39, 0.29) is 12.2 Å². The Morgan fingerprint density at radius 1 is 1.00 bits per heavy atom. The van der Waals surface area contributed by atoms with Gasteiger partial charge in [0.25, 0.3) is 0 Å². The fourth-order valence-electron chi connectivity index (χ4n) is 3.90. The van der Waals surface area contributed by atoms with E-state index in [0.29, 0.717) is 39.5 Å². The Hall–Kier alpha value is -3.68. The van der Waals surface area contributed by atoms with Crippen molar-refractivity contribution >= 4 is 16.9 Å². The molecule has 8 nitrogen and oxygen atoms in total. The zero-order chi connectivity index (χ0) is 22.1. The van der Waals surface area contributed by atoms with Crippen LogP contribution < -0.4 is 24.6 Å². The summed E-state index contributed by atoms with van der Waals surface area (Å²) < 4.78 is 33.2. The van der Waals surface area contributed by atoms with Crippen LogP contribution >= 0.6 is 0 Å². The predicted molar refractivity (Wildman–Crippen MR) is 111 cm³/mol. The van der Waals surface area contributed by atoms with Crippen molar-refractivity contribution in [3.8, 4) is 23.0 Å². The topological polar surface area (TPSA) is 93.4 Å². The number of hydrogen-bond acceptors (Lipinski definition) is 8. The summed E-state index contributed by atoms with van der Waals surface area (Å²) in [6.07, 6.45) is -1.10. The summed E-state index contributed by atoms with van der Waals surface area (Å²) in [5, 5.41) is 0.591. The number of hydrogen-bond donors (Lipinski definition) is 0. The monoisotopic (exact) mass is 426 g/mol. The standard InChI is InChI=1S/C23H22O8/c1-5-29-23(25)21-18(13-10-16(27-3)17(28-4)11-15(13)26-2)19-20(31-21)12-8-6-7-9-14(12)30-22(19)24/h6-11,18,21H,5H2,1-4H3. The third-order valence-electron chi connectivity index (χ3n) is 5.25. The molecule has 4 rings (SSSR count). The maximum absolute atomic E-state index is 13.0. The van der Waals surface area contributed by atoms with Gasteiger partial charge in [0.2, 0.25) is 6.10 Å². The Bertz CT molecular complexity index is 1200. The first-order valence-electron chi connectivity index (χ1n) is 9.72. The van der Waals surface area contributed by atoms with Gasteiger partial charge in [0.05, 0.1) is 44.8 Å². The van der Waals surface area contributed by atoms with Crippen molar-refractivity contribution in [3.63, 3.8) is 0 Å². The molecule has 0 radical (unpaired) electrons. The highest BCUT2D eigenvalue weighted by Gasteiger charge is 2.46. The lowest BCUT2D eigenvalue weighted by Crippen LogP contribution is -2.32. The van der Waals surface area contributed by atoms with Gasteiger partial charge >= 0.3 is 11.6 Å². The lowest BCUT2D eigenvalue weighted by atomic mass is 9.87. The number of para-hydroxylation sites is 1. The summed E-state index contributed by atoms with van der Waals surface area (Å²) in [6.45, 7) is 1.87. The first-order chi connectivity index (χ1) is 15.0. The largest absolute Gasteiger partial charge is 0.496 e. The lowest BCUT2D eigenvalue weighted by molar-refractivity contribution is -0.151. The van der Waals surface area contributed by atoms with E-state index in [4.69, 9.17) is 28.1 Å². The summed E-state index contributed by atoms with van der Waals surface area (Å²) in [5.74, 6) is 0.140. The van der Waals surface area contributed by atoms with Gasteiger partial charge in [-0.3, -0.25) is 0 Å². The van der Waals surface area contributed by atoms with Crippen molar-refractivity contribution in [1.29, 1.82) is 0 Å². The maximum atomic E-state index is 13.0. The highest BCUT2D eigenvalue weighted by Crippen LogP contribution is 2.49. The molecule has 0 amide bonds. The van der Waals surface area contributed by atoms with Crippen LogP contribution in [0.4, 0.5) is 0 Å². The van der Waals surface area contributed by atoms with Gasteiger partial charge in [-0.15, -0.1) is 0 Å². The number of carbonyl (C=O) groups excluding carboxylic acids is 1. The van der Waals surface area contributed by atoms with E-state index in [1.54, 1.807) is 43.3 Å². The molecular weight excluding hydrogens is 404 g/mol. The number of fused-ring (bicyclic) bond motifs is 3. The van der Waals surface area contributed by atoms with Crippen LogP contribution in [-0.4, -0.2) is 40.0 Å². The summed E-state index contributed by atoms with van der Waals surface area (Å²) in [4.78, 5) is 25.9. The minimum absolute atomic E-state index is 0.167. The predicted octanol–water partition coefficient (Wildman–Crippen LogP) is 3.27. The average molecular weight is 426 g/mol. The Morgan fingerprint density at radius 2 is 1.68 bits per heavy atom. The van der Waals surface area contributed by atoms with Gasteiger partial charge in [-0.2, -0.15) is 0 Å². The van der Waals surface area contributed by atoms with E-state index >= 15 is 0 Å². The molecule has 0 saturated heterocycles. The van der Waals surface area contributed by atoms with Gasteiger partial charge in [0.1, 0.15) is 17.1 Å². The summed E-state index contributed by atoms with van der Waals surface area (Å²) >= 11 is 0. The number of benzene rings is 2. The van der Waals surface area contributed by atoms with Crippen LogP contribution in [0, 0.1) is 0 Å². The van der Waals surface area contributed by atoms with E-state index in [0.717, 1.165) is 0 Å². The molecule has 2 heterocycles. The minimum atomic E-state index is -1.10. The number of esters is 1. The minimum Gasteiger partial charge on any atom is -0.496 e. The van der Waals surface area contributed by atoms with E-state index in [9.17, 15) is 9.59 Å². The second-order valence-electron chi connectivity index (χ2n) is 6.85. The highest BCUT2D eigenvalue weighted by molar-refractivity contribution is 5.89. The van der Waals surface area contributed by atoms with Crippen molar-refractivity contribution < 1.29 is 32.9 Å². The van der Waals surface area contributed by atoms with Gasteiger partial charge in [-0.1, -0.05) is 12.1 Å². The first kappa shape index (κ1) is 20.6. The molecular formula is C23H22O8. The molecule has 0 saturated carbocycles. The van der Waals surface area contributed by atoms with Crippen LogP contribution in [0.3, 0.4) is 0 Å². The number of methoxy groups -OCH3 is 3. The summed E-state index contributed by atoms with van der Waals surface area (Å²) in [6, 6.07) is 10.3. The van der Waals surface area contributed by atoms with Gasteiger partial charge in [0, 0.05) is 11.6 Å². The molecule has 0 N–H and O–H groups in total. The van der Waals surface area contributed by atoms with Gasteiger partial charge in [-0.05, 0) is 25.1 Å². The third kappa shape index (κ3) is 3.34. The molecule has 0 fully saturated rings. The Morgan fingerprint density at radius 3 is 2.35 bits per heavy atom. The highest BCUT2D eigenvalue weighted by atomic mass is 16.6. The zero-order valence-corrected chi connectivity index (χ0v) is 17.6. The van der Waals surface area contributed by atoms with E-state index in [1.165, 1.54) is 21.3 Å². The molecule has 3 aromatic rings.